The lowest BCUT2D eigenvalue weighted by Gasteiger charge is -2.39. The number of anilines is 1. The van der Waals surface area contributed by atoms with E-state index >= 15 is 4.39 Å². The Morgan fingerprint density at radius 1 is 1.24 bits per heavy atom. The van der Waals surface area contributed by atoms with Crippen molar-refractivity contribution in [2.75, 3.05) is 5.32 Å². The van der Waals surface area contributed by atoms with E-state index in [0.717, 1.165) is 19.2 Å². The minimum absolute atomic E-state index is 0.168. The van der Waals surface area contributed by atoms with Gasteiger partial charge in [0.2, 0.25) is 0 Å². The molecule has 0 spiro atoms. The minimum atomic E-state index is -5.28. The quantitative estimate of drug-likeness (QED) is 0.567. The van der Waals surface area contributed by atoms with Gasteiger partial charge >= 0.3 is 12.3 Å². The van der Waals surface area contributed by atoms with E-state index < -0.39 is 59.3 Å². The van der Waals surface area contributed by atoms with E-state index in [-0.39, 0.29) is 11.3 Å². The normalized spacial score (nSPS) is 22.1. The summed E-state index contributed by atoms with van der Waals surface area (Å²) < 4.78 is 74.8. The molecule has 3 atom stereocenters. The summed E-state index contributed by atoms with van der Waals surface area (Å²) in [5, 5.41) is 21.2. The molecule has 178 valence electrons. The summed E-state index contributed by atoms with van der Waals surface area (Å²) in [6.45, 7) is 0.730. The Bertz CT molecular complexity index is 1200. The lowest BCUT2D eigenvalue weighted by Crippen LogP contribution is -2.56. The molecule has 2 amide bonds. The summed E-state index contributed by atoms with van der Waals surface area (Å²) in [5.41, 5.74) is -3.79. The molecule has 0 saturated heterocycles. The predicted octanol–water partition coefficient (Wildman–Crippen LogP) is 2.88. The van der Waals surface area contributed by atoms with E-state index in [2.05, 4.69) is 20.3 Å². The monoisotopic (exact) mass is 484 g/mol. The van der Waals surface area contributed by atoms with Crippen molar-refractivity contribution >= 4 is 23.8 Å². The van der Waals surface area contributed by atoms with Crippen LogP contribution in [0.3, 0.4) is 0 Å². The Kier molecular flexibility index (Phi) is 6.35. The summed E-state index contributed by atoms with van der Waals surface area (Å²) >= 11 is 0. The van der Waals surface area contributed by atoms with Crippen LogP contribution in [0.25, 0.3) is 0 Å². The number of nitriles is 1. The molecule has 1 aliphatic rings. The van der Waals surface area contributed by atoms with Crippen molar-refractivity contribution in [3.63, 3.8) is 0 Å². The number of ether oxygens (including phenoxy) is 1. The number of carbonyl (C=O) groups is 2. The van der Waals surface area contributed by atoms with Gasteiger partial charge in [-0.2, -0.15) is 18.4 Å². The number of hydrogen-bond acceptors (Lipinski definition) is 7. The van der Waals surface area contributed by atoms with Crippen molar-refractivity contribution in [3.8, 4) is 6.07 Å². The number of nitrogens with zero attached hydrogens (tertiary/aromatic N) is 4. The number of hydrogen-bond donors (Lipinski definition) is 3. The first-order chi connectivity index (χ1) is 15.8. The standard InChI is InChI=1S/C19H13F5N6O4/c1-18(12(21)14(19(22,23)24)29-16(34-18)30-17(32)33)13-9(20)3-5-11(27-13)28-15(31)10-4-2-8(6-25)7-26-10/h2-5,7,12,14H,1H3,(H,29,30)(H,32,33)(H,27,28,31)/t12-,14-,18+/m1/s1. The number of nitrogens with one attached hydrogen (secondary N) is 2. The fourth-order valence-corrected chi connectivity index (χ4v) is 2.98. The van der Waals surface area contributed by atoms with Gasteiger partial charge in [0, 0.05) is 6.20 Å². The number of pyridine rings is 2. The van der Waals surface area contributed by atoms with E-state index in [4.69, 9.17) is 15.1 Å². The van der Waals surface area contributed by atoms with E-state index in [1.54, 1.807) is 6.07 Å². The highest BCUT2D eigenvalue weighted by Gasteiger charge is 2.59. The maximum Gasteiger partial charge on any atom is 0.413 e. The van der Waals surface area contributed by atoms with Gasteiger partial charge < -0.3 is 15.2 Å². The van der Waals surface area contributed by atoms with Gasteiger partial charge in [-0.3, -0.25) is 4.79 Å². The second kappa shape index (κ2) is 8.89. The van der Waals surface area contributed by atoms with E-state index in [9.17, 15) is 27.2 Å². The Balaban J connectivity index is 1.98. The molecule has 0 aliphatic carbocycles. The topological polar surface area (TPSA) is 150 Å². The number of carbonyl (C=O) groups excluding carboxylic acids is 1. The number of aliphatic imine (C=N–C) groups is 1. The summed E-state index contributed by atoms with van der Waals surface area (Å²) in [6, 6.07) is 1.63. The van der Waals surface area contributed by atoms with Gasteiger partial charge in [-0.15, -0.1) is 0 Å². The largest absolute Gasteiger partial charge is 0.465 e. The first kappa shape index (κ1) is 24.3. The Morgan fingerprint density at radius 2 is 1.94 bits per heavy atom. The summed E-state index contributed by atoms with van der Waals surface area (Å²) in [6.07, 6.45) is -9.07. The maximum atomic E-state index is 15.0. The first-order valence-electron chi connectivity index (χ1n) is 9.17. The zero-order valence-electron chi connectivity index (χ0n) is 16.9. The van der Waals surface area contributed by atoms with Crippen LogP contribution in [0, 0.1) is 17.1 Å². The predicted molar refractivity (Wildman–Crippen MR) is 103 cm³/mol. The second-order valence-electron chi connectivity index (χ2n) is 6.99. The lowest BCUT2D eigenvalue weighted by molar-refractivity contribution is -0.188. The number of rotatable bonds is 3. The molecule has 3 heterocycles. The molecule has 3 rings (SSSR count). The average molecular weight is 484 g/mol. The van der Waals surface area contributed by atoms with E-state index in [0.29, 0.717) is 6.07 Å². The third-order valence-electron chi connectivity index (χ3n) is 4.60. The van der Waals surface area contributed by atoms with Crippen molar-refractivity contribution in [2.24, 2.45) is 4.99 Å². The molecule has 10 nitrogen and oxygen atoms in total. The van der Waals surface area contributed by atoms with Gasteiger partial charge in [0.1, 0.15) is 29.1 Å². The molecule has 3 N–H and O–H groups in total. The maximum absolute atomic E-state index is 15.0. The van der Waals surface area contributed by atoms with Gasteiger partial charge in [-0.05, 0) is 31.2 Å². The molecule has 15 heteroatoms. The molecule has 0 saturated carbocycles. The molecule has 2 aromatic heterocycles. The van der Waals surface area contributed by atoms with Crippen molar-refractivity contribution in [1.29, 1.82) is 5.26 Å². The third kappa shape index (κ3) is 4.85. The van der Waals surface area contributed by atoms with Gasteiger partial charge in [0.15, 0.2) is 17.8 Å². The molecule has 0 unspecified atom stereocenters. The van der Waals surface area contributed by atoms with Crippen molar-refractivity contribution in [3.05, 3.63) is 53.2 Å². The van der Waals surface area contributed by atoms with Gasteiger partial charge in [0.25, 0.3) is 11.9 Å². The van der Waals surface area contributed by atoms with Crippen LogP contribution in [0.4, 0.5) is 32.6 Å². The molecule has 0 bridgehead atoms. The van der Waals surface area contributed by atoms with Gasteiger partial charge in [-0.25, -0.2) is 33.9 Å². The van der Waals surface area contributed by atoms with Crippen LogP contribution in [0.2, 0.25) is 0 Å². The van der Waals surface area contributed by atoms with E-state index in [1.807, 2.05) is 0 Å². The zero-order chi connectivity index (χ0) is 25.3. The SMILES string of the molecule is C[C@]1(c2nc(NC(=O)c3ccc(C#N)cn3)ccc2F)OC(NC(=O)O)=N[C@@H](C(F)(F)F)[C@H]1F. The van der Waals surface area contributed by atoms with Crippen LogP contribution >= 0.6 is 0 Å². The molecule has 2 aromatic rings. The molecule has 1 aliphatic heterocycles. The lowest BCUT2D eigenvalue weighted by atomic mass is 9.88. The van der Waals surface area contributed by atoms with Crippen molar-refractivity contribution in [1.82, 2.24) is 15.3 Å². The van der Waals surface area contributed by atoms with E-state index in [1.165, 1.54) is 17.4 Å². The fourth-order valence-electron chi connectivity index (χ4n) is 2.98. The summed E-state index contributed by atoms with van der Waals surface area (Å²) in [7, 11) is 0. The smallest absolute Gasteiger partial charge is 0.413 e. The van der Waals surface area contributed by atoms with Crippen LogP contribution in [0.5, 0.6) is 0 Å². The summed E-state index contributed by atoms with van der Waals surface area (Å²) in [4.78, 5) is 33.6. The zero-order valence-corrected chi connectivity index (χ0v) is 16.9. The molecular weight excluding hydrogens is 471 g/mol. The highest BCUT2D eigenvalue weighted by molar-refractivity contribution is 6.02. The van der Waals surface area contributed by atoms with Crippen molar-refractivity contribution in [2.45, 2.75) is 30.9 Å². The fraction of sp³-hybridized carbons (Fsp3) is 0.263. The average Bonchev–Trinajstić information content (AvgIpc) is 2.76. The first-order valence-corrected chi connectivity index (χ1v) is 9.17. The Morgan fingerprint density at radius 3 is 2.50 bits per heavy atom. The Labute approximate surface area is 187 Å². The highest BCUT2D eigenvalue weighted by Crippen LogP contribution is 2.42. The van der Waals surface area contributed by atoms with Crippen LogP contribution in [-0.2, 0) is 10.3 Å². The molecule has 0 aromatic carbocycles. The van der Waals surface area contributed by atoms with Crippen molar-refractivity contribution < 1.29 is 41.4 Å². The number of alkyl halides is 4. The Hall–Kier alpha value is -4.35. The van der Waals surface area contributed by atoms with Gasteiger partial charge in [0.05, 0.1) is 5.56 Å². The molecular formula is C19H13F5N6O4. The molecule has 0 fully saturated rings. The third-order valence-corrected chi connectivity index (χ3v) is 4.60. The number of aromatic nitrogens is 2. The number of amidine groups is 1. The van der Waals surface area contributed by atoms with Crippen LogP contribution in [-0.4, -0.2) is 51.5 Å². The minimum Gasteiger partial charge on any atom is -0.465 e. The summed E-state index contributed by atoms with van der Waals surface area (Å²) in [5.74, 6) is -2.57. The van der Waals surface area contributed by atoms with Crippen LogP contribution in [0.15, 0.2) is 35.5 Å². The van der Waals surface area contributed by atoms with Gasteiger partial charge in [-0.1, -0.05) is 0 Å². The van der Waals surface area contributed by atoms with Crippen LogP contribution in [0.1, 0.15) is 28.7 Å². The van der Waals surface area contributed by atoms with Crippen LogP contribution < -0.4 is 10.6 Å². The molecule has 34 heavy (non-hydrogen) atoms. The molecule has 0 radical (unpaired) electrons. The number of halogens is 5. The number of carboxylic acid groups (broad SMARTS) is 1. The number of amides is 2. The highest BCUT2D eigenvalue weighted by atomic mass is 19.4. The second-order valence-corrected chi connectivity index (χ2v) is 6.99.